The summed E-state index contributed by atoms with van der Waals surface area (Å²) in [6.45, 7) is 7.86. The van der Waals surface area contributed by atoms with Gasteiger partial charge < -0.3 is 25.0 Å². The van der Waals surface area contributed by atoms with Crippen LogP contribution in [0.5, 0.6) is 0 Å². The van der Waals surface area contributed by atoms with E-state index < -0.39 is 11.5 Å². The molecule has 3 aromatic rings. The van der Waals surface area contributed by atoms with Gasteiger partial charge in [-0.05, 0) is 58.4 Å². The van der Waals surface area contributed by atoms with Crippen LogP contribution in [-0.4, -0.2) is 84.8 Å². The first-order valence-corrected chi connectivity index (χ1v) is 13.6. The lowest BCUT2D eigenvalue weighted by Crippen LogP contribution is -2.50. The minimum Gasteiger partial charge on any atom is -0.444 e. The highest BCUT2D eigenvalue weighted by Crippen LogP contribution is 2.32. The number of ether oxygens (including phenoxy) is 1. The van der Waals surface area contributed by atoms with Crippen LogP contribution < -0.4 is 10.2 Å². The molecule has 5 rings (SSSR count). The maximum Gasteiger partial charge on any atom is 0.410 e. The van der Waals surface area contributed by atoms with E-state index in [-0.39, 0.29) is 30.0 Å². The number of aromatic nitrogens is 5. The number of rotatable bonds is 5. The number of aliphatic hydroxyl groups is 1. The average molecular weight is 550 g/mol. The second kappa shape index (κ2) is 11.1. The number of nitrogens with zero attached hydrogens (tertiary/aromatic N) is 8. The molecule has 0 atom stereocenters. The number of amides is 2. The molecule has 1 aliphatic heterocycles. The topological polar surface area (TPSA) is 154 Å². The van der Waals surface area contributed by atoms with Crippen molar-refractivity contribution in [3.8, 4) is 6.07 Å². The van der Waals surface area contributed by atoms with E-state index in [0.717, 1.165) is 25.7 Å². The minimum atomic E-state index is -0.549. The molecule has 0 aromatic carbocycles. The molecule has 2 amide bonds. The zero-order valence-corrected chi connectivity index (χ0v) is 23.1. The van der Waals surface area contributed by atoms with Gasteiger partial charge in [0.15, 0.2) is 11.3 Å². The number of nitrogens with one attached hydrogen (secondary N) is 1. The molecule has 0 bridgehead atoms. The Labute approximate surface area is 232 Å². The number of anilines is 2. The van der Waals surface area contributed by atoms with Crippen LogP contribution in [0.4, 0.5) is 16.3 Å². The van der Waals surface area contributed by atoms with Crippen molar-refractivity contribution < 1.29 is 19.4 Å². The summed E-state index contributed by atoms with van der Waals surface area (Å²) in [6, 6.07) is 4.02. The third-order valence-electron chi connectivity index (χ3n) is 7.39. The normalized spacial score (nSPS) is 19.9. The molecule has 0 radical (unpaired) electrons. The number of aliphatic hydroxyl groups excluding tert-OH is 1. The van der Waals surface area contributed by atoms with Crippen LogP contribution in [0.15, 0.2) is 24.7 Å². The van der Waals surface area contributed by atoms with Gasteiger partial charge in [-0.3, -0.25) is 9.48 Å². The maximum atomic E-state index is 13.3. The van der Waals surface area contributed by atoms with Crippen LogP contribution >= 0.6 is 0 Å². The number of piperazine rings is 1. The number of hydrogen-bond acceptors (Lipinski definition) is 9. The molecule has 212 valence electrons. The van der Waals surface area contributed by atoms with Crippen LogP contribution in [0.25, 0.3) is 5.65 Å². The van der Waals surface area contributed by atoms with E-state index in [2.05, 4.69) is 26.5 Å². The highest BCUT2D eigenvalue weighted by molar-refractivity contribution is 6.08. The van der Waals surface area contributed by atoms with Gasteiger partial charge in [0.1, 0.15) is 23.1 Å². The SMILES string of the molecule is CC(C)(C)OC(=O)N1CCN(c2ccn3ncc(C(=O)Nc4cn(C5CCC(CO)CC5)nc4C#N)c3n2)CC1. The largest absolute Gasteiger partial charge is 0.444 e. The molecule has 1 saturated heterocycles. The Morgan fingerprint density at radius 3 is 2.55 bits per heavy atom. The maximum absolute atomic E-state index is 13.3. The predicted molar refractivity (Wildman–Crippen MR) is 146 cm³/mol. The van der Waals surface area contributed by atoms with Crippen LogP contribution in [0.3, 0.4) is 0 Å². The molecular formula is C27H35N9O4. The summed E-state index contributed by atoms with van der Waals surface area (Å²) in [5, 5.41) is 30.6. The van der Waals surface area contributed by atoms with Crippen molar-refractivity contribution in [1.29, 1.82) is 5.26 Å². The molecule has 13 heteroatoms. The zero-order valence-electron chi connectivity index (χ0n) is 23.1. The fourth-order valence-corrected chi connectivity index (χ4v) is 5.17. The van der Waals surface area contributed by atoms with Crippen molar-refractivity contribution in [2.24, 2.45) is 5.92 Å². The quantitative estimate of drug-likeness (QED) is 0.489. The molecule has 3 aromatic heterocycles. The predicted octanol–water partition coefficient (Wildman–Crippen LogP) is 2.83. The third kappa shape index (κ3) is 5.86. The van der Waals surface area contributed by atoms with E-state index in [1.165, 1.54) is 10.7 Å². The monoisotopic (exact) mass is 549 g/mol. The third-order valence-corrected chi connectivity index (χ3v) is 7.39. The molecule has 13 nitrogen and oxygen atoms in total. The van der Waals surface area contributed by atoms with Gasteiger partial charge in [0.2, 0.25) is 0 Å². The van der Waals surface area contributed by atoms with Crippen molar-refractivity contribution in [2.75, 3.05) is 43.0 Å². The van der Waals surface area contributed by atoms with Crippen molar-refractivity contribution >= 4 is 29.2 Å². The van der Waals surface area contributed by atoms with Gasteiger partial charge >= 0.3 is 6.09 Å². The van der Waals surface area contributed by atoms with Crippen molar-refractivity contribution in [3.05, 3.63) is 35.9 Å². The highest BCUT2D eigenvalue weighted by Gasteiger charge is 2.28. The van der Waals surface area contributed by atoms with Crippen LogP contribution in [0, 0.1) is 17.2 Å². The first kappa shape index (κ1) is 27.4. The molecule has 1 aliphatic carbocycles. The van der Waals surface area contributed by atoms with E-state index >= 15 is 0 Å². The number of nitriles is 1. The first-order valence-electron chi connectivity index (χ1n) is 13.6. The lowest BCUT2D eigenvalue weighted by atomic mass is 9.87. The molecular weight excluding hydrogens is 514 g/mol. The van der Waals surface area contributed by atoms with Crippen LogP contribution in [0.2, 0.25) is 0 Å². The second-order valence-corrected chi connectivity index (χ2v) is 11.4. The molecule has 1 saturated carbocycles. The lowest BCUT2D eigenvalue weighted by molar-refractivity contribution is 0.0240. The summed E-state index contributed by atoms with van der Waals surface area (Å²) in [7, 11) is 0. The fraction of sp³-hybridized carbons (Fsp3) is 0.556. The summed E-state index contributed by atoms with van der Waals surface area (Å²) in [5.74, 6) is 0.549. The summed E-state index contributed by atoms with van der Waals surface area (Å²) < 4.78 is 8.77. The molecule has 2 N–H and O–H groups in total. The fourth-order valence-electron chi connectivity index (χ4n) is 5.17. The van der Waals surface area contributed by atoms with Gasteiger partial charge in [0.05, 0.1) is 24.1 Å². The average Bonchev–Trinajstić information content (AvgIpc) is 3.56. The van der Waals surface area contributed by atoms with Gasteiger partial charge in [-0.2, -0.15) is 15.5 Å². The summed E-state index contributed by atoms with van der Waals surface area (Å²) in [5.41, 5.74) is 0.593. The molecule has 2 aliphatic rings. The highest BCUT2D eigenvalue weighted by atomic mass is 16.6. The Bertz CT molecular complexity index is 1420. The number of carbonyl (C=O) groups is 2. The number of hydrogen-bond donors (Lipinski definition) is 2. The van der Waals surface area contributed by atoms with E-state index in [1.54, 1.807) is 22.0 Å². The smallest absolute Gasteiger partial charge is 0.410 e. The summed E-state index contributed by atoms with van der Waals surface area (Å²) in [4.78, 5) is 34.2. The minimum absolute atomic E-state index is 0.123. The Balaban J connectivity index is 1.28. The molecule has 4 heterocycles. The zero-order chi connectivity index (χ0) is 28.4. The number of fused-ring (bicyclic) bond motifs is 1. The number of carbonyl (C=O) groups excluding carboxylic acids is 2. The Morgan fingerprint density at radius 2 is 1.90 bits per heavy atom. The Hall–Kier alpha value is -4.18. The molecule has 40 heavy (non-hydrogen) atoms. The van der Waals surface area contributed by atoms with Crippen LogP contribution in [0.1, 0.15) is 68.5 Å². The second-order valence-electron chi connectivity index (χ2n) is 11.4. The Morgan fingerprint density at radius 1 is 1.18 bits per heavy atom. The molecule has 0 spiro atoms. The van der Waals surface area contributed by atoms with E-state index in [9.17, 15) is 20.0 Å². The summed E-state index contributed by atoms with van der Waals surface area (Å²) >= 11 is 0. The van der Waals surface area contributed by atoms with Crippen molar-refractivity contribution in [1.82, 2.24) is 29.3 Å². The van der Waals surface area contributed by atoms with Gasteiger partial charge in [0.25, 0.3) is 5.91 Å². The van der Waals surface area contributed by atoms with Gasteiger partial charge in [0, 0.05) is 39.0 Å². The molecule has 2 fully saturated rings. The van der Waals surface area contributed by atoms with E-state index in [1.807, 2.05) is 26.8 Å². The van der Waals surface area contributed by atoms with Crippen molar-refractivity contribution in [3.63, 3.8) is 0 Å². The Kier molecular flexibility index (Phi) is 7.62. The van der Waals surface area contributed by atoms with E-state index in [0.29, 0.717) is 49.2 Å². The lowest BCUT2D eigenvalue weighted by Gasteiger charge is -2.36. The first-order chi connectivity index (χ1) is 19.1. The van der Waals surface area contributed by atoms with E-state index in [4.69, 9.17) is 9.72 Å². The van der Waals surface area contributed by atoms with Gasteiger partial charge in [-0.25, -0.2) is 14.3 Å². The summed E-state index contributed by atoms with van der Waals surface area (Å²) in [6.07, 6.45) is 8.09. The van der Waals surface area contributed by atoms with Gasteiger partial charge in [-0.15, -0.1) is 0 Å². The van der Waals surface area contributed by atoms with Gasteiger partial charge in [-0.1, -0.05) is 0 Å². The van der Waals surface area contributed by atoms with Crippen LogP contribution in [-0.2, 0) is 4.74 Å². The standard InChI is InChI=1S/C27H35N9O4/c1-27(2,3)40-26(39)34-12-10-33(11-13-34)23-8-9-35-24(31-23)20(15-29-35)25(38)30-22-16-36(32-21(22)14-28)19-6-4-18(17-37)5-7-19/h8-9,15-16,18-19,37H,4-7,10-13,17H2,1-3H3,(H,30,38). The molecule has 0 unspecified atom stereocenters. The van der Waals surface area contributed by atoms with Crippen molar-refractivity contribution in [2.45, 2.75) is 58.1 Å².